The van der Waals surface area contributed by atoms with Crippen molar-refractivity contribution in [2.24, 2.45) is 0 Å². The molecule has 0 N–H and O–H groups in total. The minimum atomic E-state index is -2.73. The normalized spacial score (nSPS) is 15.6. The van der Waals surface area contributed by atoms with Crippen molar-refractivity contribution in [1.82, 2.24) is 0 Å². The molecule has 3 nitrogen and oxygen atoms in total. The molecule has 0 saturated carbocycles. The predicted molar refractivity (Wildman–Crippen MR) is 175 cm³/mol. The maximum Gasteiger partial charge on any atom is 0.497 e. The Kier molecular flexibility index (Phi) is 9.55. The molecule has 0 saturated heterocycles. The number of hydrogen-bond donors (Lipinski definition) is 0. The van der Waals surface area contributed by atoms with E-state index in [1.54, 1.807) is 0 Å². The summed E-state index contributed by atoms with van der Waals surface area (Å²) in [5.41, 5.74) is 7.08. The number of benzene rings is 2. The fraction of sp³-hybridized carbons (Fsp3) is 0.667. The topological polar surface area (TPSA) is 27.7 Å². The van der Waals surface area contributed by atoms with Crippen molar-refractivity contribution in [1.29, 1.82) is 0 Å². The van der Waals surface area contributed by atoms with Gasteiger partial charge in [0.05, 0.1) is 6.61 Å². The first-order valence-corrected chi connectivity index (χ1v) is 17.3. The molecule has 2 aromatic rings. The van der Waals surface area contributed by atoms with E-state index in [1.165, 1.54) is 35.1 Å². The minimum absolute atomic E-state index is 0.0103. The van der Waals surface area contributed by atoms with Crippen molar-refractivity contribution < 1.29 is 13.6 Å². The van der Waals surface area contributed by atoms with E-state index in [1.807, 2.05) is 0 Å². The first kappa shape index (κ1) is 32.9. The average molecular weight is 570 g/mol. The molecular weight excluding hydrogens is 511 g/mol. The lowest BCUT2D eigenvalue weighted by Crippen LogP contribution is -2.21. The summed E-state index contributed by atoms with van der Waals surface area (Å²) < 4.78 is 21.1. The summed E-state index contributed by atoms with van der Waals surface area (Å²) >= 11 is 0. The standard InChI is InChI=1S/C36H58O3P/c1-15-17-18-19-20-37-40(16-2)38-31-27(21-25(33(3,4)5)23-29(31)35(9,10)11)28-22-26(34(6,7)8)24-30(32(28)39-40)36(12,13)14/h21-24H,15-20H2,1-14H3/q+1. The average Bonchev–Trinajstić information content (AvgIpc) is 2.94. The highest BCUT2D eigenvalue weighted by molar-refractivity contribution is 7.62. The fourth-order valence-corrected chi connectivity index (χ4v) is 7.08. The largest absolute Gasteiger partial charge is 0.497 e. The molecule has 1 aliphatic rings. The molecule has 2 aromatic carbocycles. The Morgan fingerprint density at radius 3 is 1.32 bits per heavy atom. The molecule has 0 fully saturated rings. The summed E-state index contributed by atoms with van der Waals surface area (Å²) in [5.74, 6) is 1.88. The van der Waals surface area contributed by atoms with E-state index >= 15 is 0 Å². The molecule has 0 bridgehead atoms. The van der Waals surface area contributed by atoms with Gasteiger partial charge in [-0.3, -0.25) is 9.05 Å². The SMILES string of the molecule is CCCCCCO[P+]1(CC)Oc2c(cc(C(C)(C)C)cc2C(C)(C)C)-c2cc(C(C)(C)C)cc(C(C)(C)C)c2O1. The molecule has 0 radical (unpaired) electrons. The molecule has 3 rings (SSSR count). The number of fused-ring (bicyclic) bond motifs is 3. The Labute approximate surface area is 247 Å². The molecule has 40 heavy (non-hydrogen) atoms. The lowest BCUT2D eigenvalue weighted by atomic mass is 9.75. The van der Waals surface area contributed by atoms with E-state index in [4.69, 9.17) is 13.6 Å². The van der Waals surface area contributed by atoms with Crippen molar-refractivity contribution in [3.63, 3.8) is 0 Å². The van der Waals surface area contributed by atoms with E-state index in [0.29, 0.717) is 12.8 Å². The van der Waals surface area contributed by atoms with Crippen LogP contribution in [0, 0.1) is 0 Å². The highest BCUT2D eigenvalue weighted by Gasteiger charge is 2.52. The third-order valence-electron chi connectivity index (χ3n) is 7.95. The molecule has 0 atom stereocenters. The van der Waals surface area contributed by atoms with Gasteiger partial charge in [-0.05, 0) is 58.3 Å². The highest BCUT2D eigenvalue weighted by atomic mass is 31.2. The van der Waals surface area contributed by atoms with Gasteiger partial charge in [0, 0.05) is 22.3 Å². The second-order valence-electron chi connectivity index (χ2n) is 15.8. The molecule has 224 valence electrons. The Morgan fingerprint density at radius 1 is 0.575 bits per heavy atom. The van der Waals surface area contributed by atoms with Crippen LogP contribution in [-0.2, 0) is 26.2 Å². The summed E-state index contributed by atoms with van der Waals surface area (Å²) in [7, 11) is -2.73. The molecule has 1 heterocycles. The van der Waals surface area contributed by atoms with Crippen LogP contribution in [0.1, 0.15) is 145 Å². The summed E-state index contributed by atoms with van der Waals surface area (Å²) in [6.07, 6.45) is 5.30. The Hall–Kier alpha value is -1.57. The van der Waals surface area contributed by atoms with E-state index in [2.05, 4.69) is 121 Å². The highest BCUT2D eigenvalue weighted by Crippen LogP contribution is 2.67. The van der Waals surface area contributed by atoms with Crippen LogP contribution in [0.5, 0.6) is 11.5 Å². The van der Waals surface area contributed by atoms with Crippen molar-refractivity contribution in [3.8, 4) is 22.6 Å². The van der Waals surface area contributed by atoms with Gasteiger partial charge in [0.2, 0.25) is 0 Å². The molecule has 1 aliphatic heterocycles. The quantitative estimate of drug-likeness (QED) is 0.245. The van der Waals surface area contributed by atoms with Gasteiger partial charge >= 0.3 is 7.94 Å². The second kappa shape index (κ2) is 11.6. The van der Waals surface area contributed by atoms with Gasteiger partial charge in [0.15, 0.2) is 17.7 Å². The van der Waals surface area contributed by atoms with Crippen LogP contribution >= 0.6 is 7.94 Å². The van der Waals surface area contributed by atoms with E-state index in [-0.39, 0.29) is 21.7 Å². The third-order valence-corrected chi connectivity index (χ3v) is 10.2. The number of unbranched alkanes of at least 4 members (excludes halogenated alkanes) is 3. The first-order valence-electron chi connectivity index (χ1n) is 15.5. The summed E-state index contributed by atoms with van der Waals surface area (Å²) in [6.45, 7) is 32.6. The molecular formula is C36H58O3P+. The van der Waals surface area contributed by atoms with Gasteiger partial charge in [0.25, 0.3) is 0 Å². The van der Waals surface area contributed by atoms with Crippen LogP contribution in [0.3, 0.4) is 0 Å². The maximum atomic E-state index is 7.17. The first-order chi connectivity index (χ1) is 18.2. The predicted octanol–water partition coefficient (Wildman–Crippen LogP) is 11.7. The molecule has 0 aliphatic carbocycles. The lowest BCUT2D eigenvalue weighted by Gasteiger charge is -2.29. The molecule has 0 aromatic heterocycles. The van der Waals surface area contributed by atoms with Crippen LogP contribution in [0.25, 0.3) is 11.1 Å². The van der Waals surface area contributed by atoms with Gasteiger partial charge in [-0.2, -0.15) is 4.52 Å². The van der Waals surface area contributed by atoms with E-state index in [9.17, 15) is 0 Å². The zero-order valence-electron chi connectivity index (χ0n) is 28.2. The summed E-state index contributed by atoms with van der Waals surface area (Å²) in [6, 6.07) is 9.46. The lowest BCUT2D eigenvalue weighted by molar-refractivity contribution is 0.236. The zero-order valence-corrected chi connectivity index (χ0v) is 29.1. The number of hydrogen-bond acceptors (Lipinski definition) is 3. The van der Waals surface area contributed by atoms with Gasteiger partial charge in [0.1, 0.15) is 0 Å². The van der Waals surface area contributed by atoms with E-state index in [0.717, 1.165) is 35.5 Å². The third kappa shape index (κ3) is 7.25. The van der Waals surface area contributed by atoms with Gasteiger partial charge < -0.3 is 0 Å². The molecule has 0 amide bonds. The minimum Gasteiger partial charge on any atom is -0.277 e. The van der Waals surface area contributed by atoms with Gasteiger partial charge in [-0.15, -0.1) is 0 Å². The summed E-state index contributed by atoms with van der Waals surface area (Å²) in [5, 5.41) is 0. The monoisotopic (exact) mass is 569 g/mol. The van der Waals surface area contributed by atoms with Crippen molar-refractivity contribution in [3.05, 3.63) is 46.5 Å². The Balaban J connectivity index is 2.45. The van der Waals surface area contributed by atoms with Gasteiger partial charge in [-0.25, -0.2) is 0 Å². The van der Waals surface area contributed by atoms with Crippen molar-refractivity contribution in [2.75, 3.05) is 12.8 Å². The molecule has 4 heteroatoms. The van der Waals surface area contributed by atoms with Crippen LogP contribution < -0.4 is 9.05 Å². The summed E-state index contributed by atoms with van der Waals surface area (Å²) in [4.78, 5) is 0. The smallest absolute Gasteiger partial charge is 0.277 e. The van der Waals surface area contributed by atoms with E-state index < -0.39 is 7.94 Å². The van der Waals surface area contributed by atoms with Crippen LogP contribution in [-0.4, -0.2) is 12.8 Å². The second-order valence-corrected chi connectivity index (χ2v) is 18.3. The van der Waals surface area contributed by atoms with Crippen LogP contribution in [0.4, 0.5) is 0 Å². The zero-order chi connectivity index (χ0) is 30.3. The van der Waals surface area contributed by atoms with Crippen molar-refractivity contribution >= 4 is 7.94 Å². The fourth-order valence-electron chi connectivity index (χ4n) is 5.14. The molecule has 0 unspecified atom stereocenters. The molecule has 0 spiro atoms. The van der Waals surface area contributed by atoms with Gasteiger partial charge in [-0.1, -0.05) is 121 Å². The van der Waals surface area contributed by atoms with Crippen molar-refractivity contribution in [2.45, 2.75) is 144 Å². The van der Waals surface area contributed by atoms with Crippen LogP contribution in [0.2, 0.25) is 0 Å². The number of rotatable bonds is 7. The van der Waals surface area contributed by atoms with Crippen LogP contribution in [0.15, 0.2) is 24.3 Å². The Bertz CT molecular complexity index is 1100. The Morgan fingerprint density at radius 2 is 1.00 bits per heavy atom. The maximum absolute atomic E-state index is 7.17.